The van der Waals surface area contributed by atoms with E-state index in [-0.39, 0.29) is 12.5 Å². The summed E-state index contributed by atoms with van der Waals surface area (Å²) in [6, 6.07) is 2.58. The van der Waals surface area contributed by atoms with Gasteiger partial charge in [-0.05, 0) is 25.3 Å². The molecule has 1 aromatic heterocycles. The van der Waals surface area contributed by atoms with Gasteiger partial charge in [0.2, 0.25) is 5.91 Å². The van der Waals surface area contributed by atoms with Crippen LogP contribution in [0.25, 0.3) is 0 Å². The summed E-state index contributed by atoms with van der Waals surface area (Å²) in [7, 11) is 3.50. The number of ether oxygens (including phenoxy) is 1. The summed E-state index contributed by atoms with van der Waals surface area (Å²) in [4.78, 5) is 18.1. The lowest BCUT2D eigenvalue weighted by molar-refractivity contribution is -0.127. The Labute approximate surface area is 161 Å². The van der Waals surface area contributed by atoms with Crippen molar-refractivity contribution in [3.05, 3.63) is 18.0 Å². The molecule has 2 N–H and O–H groups in total. The molecule has 1 saturated carbocycles. The zero-order valence-electron chi connectivity index (χ0n) is 16.5. The van der Waals surface area contributed by atoms with Gasteiger partial charge < -0.3 is 20.3 Å². The Kier molecular flexibility index (Phi) is 7.09. The lowest BCUT2D eigenvalue weighted by Gasteiger charge is -2.16. The molecule has 1 aliphatic heterocycles. The van der Waals surface area contributed by atoms with Gasteiger partial charge in [-0.3, -0.25) is 9.48 Å². The quantitative estimate of drug-likeness (QED) is 0.551. The van der Waals surface area contributed by atoms with E-state index in [1.165, 1.54) is 25.7 Å². The van der Waals surface area contributed by atoms with Gasteiger partial charge in [0.25, 0.3) is 0 Å². The van der Waals surface area contributed by atoms with Crippen LogP contribution in [-0.4, -0.2) is 66.9 Å². The van der Waals surface area contributed by atoms with Gasteiger partial charge in [0.15, 0.2) is 5.96 Å². The number of hydrogen-bond acceptors (Lipinski definition) is 4. The van der Waals surface area contributed by atoms with E-state index in [0.29, 0.717) is 24.5 Å². The minimum Gasteiger partial charge on any atom is -0.381 e. The molecule has 2 aliphatic rings. The van der Waals surface area contributed by atoms with E-state index >= 15 is 0 Å². The average Bonchev–Trinajstić information content (AvgIpc) is 3.41. The first-order valence-electron chi connectivity index (χ1n) is 9.96. The number of carbonyl (C=O) groups excluding carboxylic acids is 1. The van der Waals surface area contributed by atoms with Crippen molar-refractivity contribution < 1.29 is 9.53 Å². The maximum atomic E-state index is 11.9. The van der Waals surface area contributed by atoms with Crippen molar-refractivity contribution in [3.8, 4) is 0 Å². The van der Waals surface area contributed by atoms with E-state index in [2.05, 4.69) is 31.6 Å². The van der Waals surface area contributed by atoms with Gasteiger partial charge in [0.05, 0.1) is 31.4 Å². The molecular weight excluding hydrogens is 344 g/mol. The van der Waals surface area contributed by atoms with Crippen LogP contribution in [0.2, 0.25) is 0 Å². The molecule has 1 unspecified atom stereocenters. The first-order chi connectivity index (χ1) is 13.1. The molecule has 1 saturated heterocycles. The first kappa shape index (κ1) is 19.7. The number of rotatable bonds is 7. The summed E-state index contributed by atoms with van der Waals surface area (Å²) >= 11 is 0. The van der Waals surface area contributed by atoms with Crippen molar-refractivity contribution in [2.24, 2.45) is 10.9 Å². The average molecular weight is 377 g/mol. The number of amides is 1. The summed E-state index contributed by atoms with van der Waals surface area (Å²) in [6.45, 7) is 3.11. The van der Waals surface area contributed by atoms with Crippen molar-refractivity contribution in [3.63, 3.8) is 0 Å². The van der Waals surface area contributed by atoms with Crippen LogP contribution in [0.5, 0.6) is 0 Å². The Hall–Kier alpha value is -2.09. The van der Waals surface area contributed by atoms with Gasteiger partial charge >= 0.3 is 0 Å². The molecule has 27 heavy (non-hydrogen) atoms. The summed E-state index contributed by atoms with van der Waals surface area (Å²) in [5.74, 6) is 1.15. The monoisotopic (exact) mass is 376 g/mol. The Morgan fingerprint density at radius 1 is 1.33 bits per heavy atom. The second kappa shape index (κ2) is 9.73. The highest BCUT2D eigenvalue weighted by molar-refractivity contribution is 5.86. The smallest absolute Gasteiger partial charge is 0.241 e. The first-order valence-corrected chi connectivity index (χ1v) is 9.96. The van der Waals surface area contributed by atoms with E-state index in [0.717, 1.165) is 31.9 Å². The number of aliphatic imine (C=N–C) groups is 1. The van der Waals surface area contributed by atoms with Crippen molar-refractivity contribution >= 4 is 11.9 Å². The largest absolute Gasteiger partial charge is 0.381 e. The molecule has 0 aromatic carbocycles. The highest BCUT2D eigenvalue weighted by Crippen LogP contribution is 2.28. The number of carbonyl (C=O) groups is 1. The number of nitrogens with zero attached hydrogens (tertiary/aromatic N) is 4. The van der Waals surface area contributed by atoms with Crippen LogP contribution in [0.4, 0.5) is 0 Å². The molecule has 1 atom stereocenters. The number of guanidine groups is 1. The minimum absolute atomic E-state index is 0.0132. The summed E-state index contributed by atoms with van der Waals surface area (Å²) < 4.78 is 7.51. The summed E-state index contributed by atoms with van der Waals surface area (Å²) in [6.07, 6.45) is 8.14. The highest BCUT2D eigenvalue weighted by atomic mass is 16.5. The molecule has 3 rings (SSSR count). The highest BCUT2D eigenvalue weighted by Gasteiger charge is 2.18. The lowest BCUT2D eigenvalue weighted by Crippen LogP contribution is -2.44. The molecule has 2 heterocycles. The Balaban J connectivity index is 1.56. The fourth-order valence-electron chi connectivity index (χ4n) is 3.47. The molecule has 1 amide bonds. The van der Waals surface area contributed by atoms with Crippen LogP contribution < -0.4 is 10.6 Å². The van der Waals surface area contributed by atoms with E-state index in [9.17, 15) is 4.79 Å². The molecule has 1 aliphatic carbocycles. The summed E-state index contributed by atoms with van der Waals surface area (Å²) in [5.41, 5.74) is 0.950. The number of hydrogen-bond donors (Lipinski definition) is 2. The fourth-order valence-corrected chi connectivity index (χ4v) is 3.47. The predicted molar refractivity (Wildman–Crippen MR) is 104 cm³/mol. The molecule has 150 valence electrons. The minimum atomic E-state index is 0.0132. The van der Waals surface area contributed by atoms with Crippen LogP contribution in [0.3, 0.4) is 0 Å². The maximum Gasteiger partial charge on any atom is 0.241 e. The Bertz CT molecular complexity index is 630. The molecule has 0 radical (unpaired) electrons. The van der Waals surface area contributed by atoms with Crippen LogP contribution in [-0.2, 0) is 16.1 Å². The second-order valence-corrected chi connectivity index (χ2v) is 7.64. The predicted octanol–water partition coefficient (Wildman–Crippen LogP) is 1.16. The standard InChI is InChI=1S/C19H32N6O2/c1-24(2)18(26)13-22-19(20-11-15-8-10-27-14-15)21-12-16-7-9-25(23-16)17-5-3-4-6-17/h7,9,15,17H,3-6,8,10-14H2,1-2H3,(H2,20,21,22). The number of nitrogens with one attached hydrogen (secondary N) is 2. The SMILES string of the molecule is CN(C)C(=O)CNC(=NCc1ccn(C2CCCC2)n1)NCC1CCOC1. The van der Waals surface area contributed by atoms with Crippen molar-refractivity contribution in [2.75, 3.05) is 40.4 Å². The molecule has 0 bridgehead atoms. The fraction of sp³-hybridized carbons (Fsp3) is 0.737. The van der Waals surface area contributed by atoms with E-state index < -0.39 is 0 Å². The Morgan fingerprint density at radius 2 is 2.15 bits per heavy atom. The van der Waals surface area contributed by atoms with Crippen molar-refractivity contribution in [2.45, 2.75) is 44.7 Å². The molecule has 2 fully saturated rings. The van der Waals surface area contributed by atoms with Crippen LogP contribution in [0, 0.1) is 5.92 Å². The second-order valence-electron chi connectivity index (χ2n) is 7.64. The third kappa shape index (κ3) is 5.95. The van der Waals surface area contributed by atoms with Crippen molar-refractivity contribution in [1.29, 1.82) is 0 Å². The van der Waals surface area contributed by atoms with Gasteiger partial charge in [-0.25, -0.2) is 4.99 Å². The number of aromatic nitrogens is 2. The lowest BCUT2D eigenvalue weighted by atomic mass is 10.1. The zero-order chi connectivity index (χ0) is 19.1. The van der Waals surface area contributed by atoms with E-state index in [1.54, 1.807) is 19.0 Å². The van der Waals surface area contributed by atoms with Gasteiger partial charge in [-0.2, -0.15) is 5.10 Å². The molecule has 1 aromatic rings. The summed E-state index contributed by atoms with van der Waals surface area (Å²) in [5, 5.41) is 11.2. The third-order valence-corrected chi connectivity index (χ3v) is 5.25. The third-order valence-electron chi connectivity index (χ3n) is 5.25. The van der Waals surface area contributed by atoms with Crippen molar-refractivity contribution in [1.82, 2.24) is 25.3 Å². The molecule has 8 heteroatoms. The normalized spacial score (nSPS) is 20.8. The molecule has 0 spiro atoms. The van der Waals surface area contributed by atoms with E-state index in [4.69, 9.17) is 4.74 Å². The zero-order valence-corrected chi connectivity index (χ0v) is 16.5. The van der Waals surface area contributed by atoms with E-state index in [1.807, 2.05) is 6.07 Å². The van der Waals surface area contributed by atoms with Crippen LogP contribution >= 0.6 is 0 Å². The van der Waals surface area contributed by atoms with Gasteiger partial charge in [0.1, 0.15) is 0 Å². The molecular formula is C19H32N6O2. The van der Waals surface area contributed by atoms with Crippen LogP contribution in [0.15, 0.2) is 17.3 Å². The van der Waals surface area contributed by atoms with Gasteiger partial charge in [0, 0.05) is 39.4 Å². The topological polar surface area (TPSA) is 83.8 Å². The molecule has 8 nitrogen and oxygen atoms in total. The van der Waals surface area contributed by atoms with Gasteiger partial charge in [-0.15, -0.1) is 0 Å². The van der Waals surface area contributed by atoms with Gasteiger partial charge in [-0.1, -0.05) is 12.8 Å². The number of likely N-dealkylation sites (N-methyl/N-ethyl adjacent to an activating group) is 1. The van der Waals surface area contributed by atoms with Crippen LogP contribution in [0.1, 0.15) is 43.8 Å². The Morgan fingerprint density at radius 3 is 2.85 bits per heavy atom. The maximum absolute atomic E-state index is 11.9.